The van der Waals surface area contributed by atoms with Crippen LogP contribution in [0.2, 0.25) is 0 Å². The minimum Gasteiger partial charge on any atom is -0.476 e. The molecule has 0 radical (unpaired) electrons. The first-order chi connectivity index (χ1) is 8.20. The first-order valence-corrected chi connectivity index (χ1v) is 5.64. The van der Waals surface area contributed by atoms with Gasteiger partial charge in [0, 0.05) is 12.6 Å². The number of rotatable bonds is 5. The van der Waals surface area contributed by atoms with E-state index < -0.39 is 5.97 Å². The fourth-order valence-electron chi connectivity index (χ4n) is 2.21. The van der Waals surface area contributed by atoms with Gasteiger partial charge in [-0.15, -0.1) is 5.10 Å². The Morgan fingerprint density at radius 2 is 2.47 bits per heavy atom. The lowest BCUT2D eigenvalue weighted by molar-refractivity contribution is 0.0690. The average molecular weight is 242 g/mol. The van der Waals surface area contributed by atoms with E-state index in [1.165, 1.54) is 10.9 Å². The molecule has 1 saturated heterocycles. The second-order valence-corrected chi connectivity index (χ2v) is 4.15. The van der Waals surface area contributed by atoms with E-state index in [0.717, 1.165) is 19.4 Å². The highest BCUT2D eigenvalue weighted by Crippen LogP contribution is 2.18. The molecule has 1 aliphatic rings. The van der Waals surface area contributed by atoms with Crippen molar-refractivity contribution in [3.05, 3.63) is 11.9 Å². The first-order valence-electron chi connectivity index (χ1n) is 5.64. The minimum absolute atomic E-state index is 0.0555. The molecule has 1 atom stereocenters. The number of carbonyl (C=O) groups is 1. The molecule has 2 heterocycles. The maximum absolute atomic E-state index is 12.3. The van der Waals surface area contributed by atoms with E-state index >= 15 is 0 Å². The predicted molar refractivity (Wildman–Crippen MR) is 57.6 cm³/mol. The number of aromatic nitrogens is 3. The Morgan fingerprint density at radius 3 is 3.12 bits per heavy atom. The van der Waals surface area contributed by atoms with Crippen LogP contribution in [0.25, 0.3) is 0 Å². The van der Waals surface area contributed by atoms with Gasteiger partial charge in [0.2, 0.25) is 0 Å². The Morgan fingerprint density at radius 1 is 1.65 bits per heavy atom. The third kappa shape index (κ3) is 2.79. The van der Waals surface area contributed by atoms with Crippen molar-refractivity contribution in [2.24, 2.45) is 0 Å². The van der Waals surface area contributed by atoms with Gasteiger partial charge in [-0.3, -0.25) is 9.58 Å². The smallest absolute Gasteiger partial charge is 0.358 e. The zero-order valence-corrected chi connectivity index (χ0v) is 9.42. The van der Waals surface area contributed by atoms with E-state index in [2.05, 4.69) is 15.2 Å². The summed E-state index contributed by atoms with van der Waals surface area (Å²) in [5.41, 5.74) is -0.0555. The Labute approximate surface area is 98.0 Å². The van der Waals surface area contributed by atoms with Crippen LogP contribution in [0, 0.1) is 0 Å². The van der Waals surface area contributed by atoms with Crippen LogP contribution in [0.3, 0.4) is 0 Å². The van der Waals surface area contributed by atoms with Crippen LogP contribution in [-0.2, 0) is 6.54 Å². The lowest BCUT2D eigenvalue weighted by Crippen LogP contribution is -2.34. The Balaban J connectivity index is 1.97. The van der Waals surface area contributed by atoms with Gasteiger partial charge in [0.25, 0.3) is 0 Å². The molecule has 0 aromatic carbocycles. The molecule has 1 unspecified atom stereocenters. The van der Waals surface area contributed by atoms with Gasteiger partial charge in [-0.05, 0) is 19.4 Å². The van der Waals surface area contributed by atoms with E-state index in [1.807, 2.05) is 0 Å². The second-order valence-electron chi connectivity index (χ2n) is 4.15. The summed E-state index contributed by atoms with van der Waals surface area (Å²) in [4.78, 5) is 12.7. The summed E-state index contributed by atoms with van der Waals surface area (Å²) >= 11 is 0. The summed E-state index contributed by atoms with van der Waals surface area (Å²) in [6, 6.07) is 0.231. The van der Waals surface area contributed by atoms with Crippen molar-refractivity contribution in [2.45, 2.75) is 25.4 Å². The van der Waals surface area contributed by atoms with Gasteiger partial charge >= 0.3 is 5.97 Å². The second kappa shape index (κ2) is 5.22. The maximum Gasteiger partial charge on any atom is 0.358 e. The molecule has 2 rings (SSSR count). The average Bonchev–Trinajstić information content (AvgIpc) is 2.90. The summed E-state index contributed by atoms with van der Waals surface area (Å²) in [6.45, 7) is 1.55. The molecule has 7 heteroatoms. The molecule has 17 heavy (non-hydrogen) atoms. The zero-order chi connectivity index (χ0) is 12.3. The highest BCUT2D eigenvalue weighted by atomic mass is 19.1. The minimum atomic E-state index is -1.08. The van der Waals surface area contributed by atoms with Crippen LogP contribution in [0.1, 0.15) is 23.3 Å². The van der Waals surface area contributed by atoms with Crippen LogP contribution in [0.4, 0.5) is 4.39 Å². The molecule has 0 saturated carbocycles. The van der Waals surface area contributed by atoms with Crippen molar-refractivity contribution in [3.8, 4) is 0 Å². The van der Waals surface area contributed by atoms with Crippen LogP contribution in [-0.4, -0.2) is 56.8 Å². The molecule has 1 aromatic rings. The molecule has 1 N–H and O–H groups in total. The Kier molecular flexibility index (Phi) is 3.68. The van der Waals surface area contributed by atoms with Crippen molar-refractivity contribution < 1.29 is 14.3 Å². The normalized spacial score (nSPS) is 20.9. The van der Waals surface area contributed by atoms with Crippen LogP contribution < -0.4 is 0 Å². The number of aromatic carboxylic acids is 1. The number of hydrogen-bond acceptors (Lipinski definition) is 4. The Hall–Kier alpha value is -1.50. The lowest BCUT2D eigenvalue weighted by atomic mass is 10.2. The predicted octanol–water partition coefficient (Wildman–Crippen LogP) is 0.410. The lowest BCUT2D eigenvalue weighted by Gasteiger charge is -2.22. The van der Waals surface area contributed by atoms with Crippen molar-refractivity contribution in [1.29, 1.82) is 0 Å². The van der Waals surface area contributed by atoms with Crippen molar-refractivity contribution >= 4 is 5.97 Å². The third-order valence-electron chi connectivity index (χ3n) is 3.03. The van der Waals surface area contributed by atoms with Gasteiger partial charge in [0.05, 0.1) is 12.7 Å². The summed E-state index contributed by atoms with van der Waals surface area (Å²) < 4.78 is 13.8. The molecule has 1 fully saturated rings. The number of halogens is 1. The van der Waals surface area contributed by atoms with Crippen LogP contribution in [0.15, 0.2) is 6.20 Å². The molecular weight excluding hydrogens is 227 g/mol. The topological polar surface area (TPSA) is 71.2 Å². The van der Waals surface area contributed by atoms with Crippen LogP contribution in [0.5, 0.6) is 0 Å². The van der Waals surface area contributed by atoms with Crippen molar-refractivity contribution in [1.82, 2.24) is 19.9 Å². The number of carboxylic acid groups (broad SMARTS) is 1. The quantitative estimate of drug-likeness (QED) is 0.809. The molecule has 94 valence electrons. The van der Waals surface area contributed by atoms with Crippen molar-refractivity contribution in [3.63, 3.8) is 0 Å². The highest BCUT2D eigenvalue weighted by Gasteiger charge is 2.25. The number of alkyl halides is 1. The molecule has 6 nitrogen and oxygen atoms in total. The largest absolute Gasteiger partial charge is 0.476 e. The number of nitrogens with zero attached hydrogens (tertiary/aromatic N) is 4. The highest BCUT2D eigenvalue weighted by molar-refractivity contribution is 5.84. The van der Waals surface area contributed by atoms with E-state index in [1.54, 1.807) is 0 Å². The standard InChI is InChI=1S/C10H15FN4O2/c11-3-5-14-4-1-2-8(14)6-15-7-9(10(16)17)12-13-15/h7-8H,1-6H2,(H,16,17). The van der Waals surface area contributed by atoms with E-state index in [-0.39, 0.29) is 18.4 Å². The molecule has 0 amide bonds. The van der Waals surface area contributed by atoms with Crippen LogP contribution >= 0.6 is 0 Å². The van der Waals surface area contributed by atoms with Gasteiger partial charge in [0.15, 0.2) is 5.69 Å². The van der Waals surface area contributed by atoms with E-state index in [4.69, 9.17) is 5.11 Å². The number of likely N-dealkylation sites (tertiary alicyclic amines) is 1. The van der Waals surface area contributed by atoms with E-state index in [9.17, 15) is 9.18 Å². The van der Waals surface area contributed by atoms with Gasteiger partial charge in [-0.1, -0.05) is 5.21 Å². The molecule has 0 spiro atoms. The summed E-state index contributed by atoms with van der Waals surface area (Å²) in [5, 5.41) is 16.0. The molecule has 1 aliphatic heterocycles. The molecule has 0 bridgehead atoms. The fourth-order valence-corrected chi connectivity index (χ4v) is 2.21. The van der Waals surface area contributed by atoms with Crippen molar-refractivity contribution in [2.75, 3.05) is 19.8 Å². The SMILES string of the molecule is O=C(O)c1cn(CC2CCCN2CCF)nn1. The third-order valence-corrected chi connectivity index (χ3v) is 3.03. The monoisotopic (exact) mass is 242 g/mol. The molecular formula is C10H15FN4O2. The summed E-state index contributed by atoms with van der Waals surface area (Å²) in [5.74, 6) is -1.08. The summed E-state index contributed by atoms with van der Waals surface area (Å²) in [6.07, 6.45) is 3.45. The molecule has 1 aromatic heterocycles. The van der Waals surface area contributed by atoms with Gasteiger partial charge in [-0.25, -0.2) is 9.18 Å². The van der Waals surface area contributed by atoms with Gasteiger partial charge < -0.3 is 5.11 Å². The maximum atomic E-state index is 12.3. The summed E-state index contributed by atoms with van der Waals surface area (Å²) in [7, 11) is 0. The zero-order valence-electron chi connectivity index (χ0n) is 9.42. The number of carboxylic acids is 1. The number of hydrogen-bond donors (Lipinski definition) is 1. The van der Waals surface area contributed by atoms with E-state index in [0.29, 0.717) is 13.1 Å². The molecule has 0 aliphatic carbocycles. The van der Waals surface area contributed by atoms with Gasteiger partial charge in [0.1, 0.15) is 6.67 Å². The Bertz CT molecular complexity index is 395. The first kappa shape index (κ1) is 12.0. The fraction of sp³-hybridized carbons (Fsp3) is 0.700. The van der Waals surface area contributed by atoms with Gasteiger partial charge in [-0.2, -0.15) is 0 Å².